The van der Waals surface area contributed by atoms with E-state index in [9.17, 15) is 9.59 Å². The average molecular weight is 278 g/mol. The number of esters is 2. The van der Waals surface area contributed by atoms with Gasteiger partial charge in [0.1, 0.15) is 0 Å². The Balaban J connectivity index is 2.43. The van der Waals surface area contributed by atoms with Crippen molar-refractivity contribution >= 4 is 11.9 Å². The summed E-state index contributed by atoms with van der Waals surface area (Å²) in [4.78, 5) is 22.7. The molecule has 1 aromatic rings. The van der Waals surface area contributed by atoms with E-state index in [1.165, 1.54) is 19.8 Å². The molecule has 0 saturated carbocycles. The molecule has 0 saturated heterocycles. The molecule has 0 unspecified atom stereocenters. The number of unbranched alkanes of at least 4 members (excludes halogenated alkanes) is 4. The zero-order valence-corrected chi connectivity index (χ0v) is 12.2. The number of carbonyl (C=O) groups excluding carboxylic acids is 2. The summed E-state index contributed by atoms with van der Waals surface area (Å²) >= 11 is 0. The summed E-state index contributed by atoms with van der Waals surface area (Å²) in [5.41, 5.74) is 0. The van der Waals surface area contributed by atoms with Gasteiger partial charge >= 0.3 is 11.9 Å². The van der Waals surface area contributed by atoms with Gasteiger partial charge in [0.2, 0.25) is 0 Å². The standard InChI is InChI=1S/C16H22O4/c1-3-4-5-6-7-12-16(18)20-15-11-9-8-10-14(15)19-13(2)17/h8-11H,3-7,12H2,1-2H3. The second-order valence-electron chi connectivity index (χ2n) is 4.68. The molecule has 0 aromatic heterocycles. The van der Waals surface area contributed by atoms with E-state index in [4.69, 9.17) is 9.47 Å². The minimum atomic E-state index is -0.437. The van der Waals surface area contributed by atoms with Gasteiger partial charge in [-0.2, -0.15) is 0 Å². The molecule has 0 radical (unpaired) electrons. The van der Waals surface area contributed by atoms with Gasteiger partial charge in [-0.05, 0) is 18.6 Å². The van der Waals surface area contributed by atoms with Crippen LogP contribution in [0.1, 0.15) is 52.4 Å². The van der Waals surface area contributed by atoms with E-state index in [1.807, 2.05) is 0 Å². The normalized spacial score (nSPS) is 10.1. The molecule has 0 amide bonds. The Labute approximate surface area is 120 Å². The molecule has 0 aliphatic heterocycles. The summed E-state index contributed by atoms with van der Waals surface area (Å²) in [6, 6.07) is 6.68. The van der Waals surface area contributed by atoms with Crippen LogP contribution in [-0.4, -0.2) is 11.9 Å². The highest BCUT2D eigenvalue weighted by Gasteiger charge is 2.11. The summed E-state index contributed by atoms with van der Waals surface area (Å²) in [7, 11) is 0. The van der Waals surface area contributed by atoms with Gasteiger partial charge in [0, 0.05) is 13.3 Å². The van der Waals surface area contributed by atoms with E-state index in [2.05, 4.69) is 6.92 Å². The van der Waals surface area contributed by atoms with Crippen LogP contribution in [0.5, 0.6) is 11.5 Å². The molecule has 110 valence electrons. The summed E-state index contributed by atoms with van der Waals surface area (Å²) in [6.07, 6.45) is 5.78. The maximum atomic E-state index is 11.7. The molecule has 0 fully saturated rings. The summed E-state index contributed by atoms with van der Waals surface area (Å²) in [5.74, 6) is -0.158. The third kappa shape index (κ3) is 6.36. The third-order valence-electron chi connectivity index (χ3n) is 2.81. The first-order chi connectivity index (χ1) is 9.63. The molecule has 0 N–H and O–H groups in total. The molecule has 0 aliphatic rings. The highest BCUT2D eigenvalue weighted by atomic mass is 16.6. The van der Waals surface area contributed by atoms with Crippen LogP contribution in [-0.2, 0) is 9.59 Å². The van der Waals surface area contributed by atoms with Crippen LogP contribution in [0.4, 0.5) is 0 Å². The van der Waals surface area contributed by atoms with E-state index in [0.717, 1.165) is 19.3 Å². The van der Waals surface area contributed by atoms with Gasteiger partial charge < -0.3 is 9.47 Å². The Hall–Kier alpha value is -1.84. The molecule has 1 aromatic carbocycles. The lowest BCUT2D eigenvalue weighted by Gasteiger charge is -2.09. The van der Waals surface area contributed by atoms with Crippen LogP contribution in [0.15, 0.2) is 24.3 Å². The summed E-state index contributed by atoms with van der Waals surface area (Å²) in [5, 5.41) is 0. The SMILES string of the molecule is CCCCCCCC(=O)Oc1ccccc1OC(C)=O. The van der Waals surface area contributed by atoms with Gasteiger partial charge in [-0.15, -0.1) is 0 Å². The Morgan fingerprint density at radius 2 is 1.55 bits per heavy atom. The first kappa shape index (κ1) is 16.2. The summed E-state index contributed by atoms with van der Waals surface area (Å²) in [6.45, 7) is 3.46. The van der Waals surface area contributed by atoms with Crippen LogP contribution in [0, 0.1) is 0 Å². The van der Waals surface area contributed by atoms with Gasteiger partial charge in [0.15, 0.2) is 11.5 Å². The molecular formula is C16H22O4. The van der Waals surface area contributed by atoms with Crippen LogP contribution >= 0.6 is 0 Å². The number of hydrogen-bond donors (Lipinski definition) is 0. The lowest BCUT2D eigenvalue weighted by molar-refractivity contribution is -0.136. The van der Waals surface area contributed by atoms with Gasteiger partial charge in [-0.1, -0.05) is 44.7 Å². The van der Waals surface area contributed by atoms with Gasteiger partial charge in [0.05, 0.1) is 0 Å². The van der Waals surface area contributed by atoms with Gasteiger partial charge in [-0.3, -0.25) is 9.59 Å². The van der Waals surface area contributed by atoms with Crippen molar-refractivity contribution in [1.82, 2.24) is 0 Å². The lowest BCUT2D eigenvalue weighted by Crippen LogP contribution is -2.10. The fourth-order valence-corrected chi connectivity index (χ4v) is 1.82. The largest absolute Gasteiger partial charge is 0.423 e. The monoisotopic (exact) mass is 278 g/mol. The molecule has 0 bridgehead atoms. The minimum absolute atomic E-state index is 0.277. The Kier molecular flexibility index (Phi) is 7.40. The predicted molar refractivity (Wildman–Crippen MR) is 76.8 cm³/mol. The first-order valence-corrected chi connectivity index (χ1v) is 7.11. The second-order valence-corrected chi connectivity index (χ2v) is 4.68. The number of carbonyl (C=O) groups is 2. The molecular weight excluding hydrogens is 256 g/mol. The van der Waals surface area contributed by atoms with E-state index >= 15 is 0 Å². The average Bonchev–Trinajstić information content (AvgIpc) is 2.40. The zero-order valence-electron chi connectivity index (χ0n) is 12.2. The fraction of sp³-hybridized carbons (Fsp3) is 0.500. The van der Waals surface area contributed by atoms with Crippen LogP contribution < -0.4 is 9.47 Å². The molecule has 0 aliphatic carbocycles. The van der Waals surface area contributed by atoms with Crippen LogP contribution in [0.25, 0.3) is 0 Å². The molecule has 0 spiro atoms. The van der Waals surface area contributed by atoms with Crippen molar-refractivity contribution in [2.45, 2.75) is 52.4 Å². The Bertz CT molecular complexity index is 440. The summed E-state index contributed by atoms with van der Waals surface area (Å²) < 4.78 is 10.2. The topological polar surface area (TPSA) is 52.6 Å². The highest BCUT2D eigenvalue weighted by Crippen LogP contribution is 2.27. The Morgan fingerprint density at radius 1 is 0.950 bits per heavy atom. The molecule has 0 heterocycles. The molecule has 0 atom stereocenters. The van der Waals surface area contributed by atoms with Crippen molar-refractivity contribution in [1.29, 1.82) is 0 Å². The van der Waals surface area contributed by atoms with Crippen molar-refractivity contribution < 1.29 is 19.1 Å². The minimum Gasteiger partial charge on any atom is -0.423 e. The van der Waals surface area contributed by atoms with Crippen molar-refractivity contribution in [2.24, 2.45) is 0 Å². The van der Waals surface area contributed by atoms with E-state index in [0.29, 0.717) is 12.2 Å². The number of para-hydroxylation sites is 2. The lowest BCUT2D eigenvalue weighted by atomic mass is 10.1. The number of ether oxygens (including phenoxy) is 2. The van der Waals surface area contributed by atoms with Gasteiger partial charge in [0.25, 0.3) is 0 Å². The third-order valence-corrected chi connectivity index (χ3v) is 2.81. The molecule has 4 nitrogen and oxygen atoms in total. The Morgan fingerprint density at radius 3 is 2.15 bits per heavy atom. The maximum absolute atomic E-state index is 11.7. The van der Waals surface area contributed by atoms with E-state index in [-0.39, 0.29) is 11.7 Å². The first-order valence-electron chi connectivity index (χ1n) is 7.11. The smallest absolute Gasteiger partial charge is 0.311 e. The molecule has 20 heavy (non-hydrogen) atoms. The number of hydrogen-bond acceptors (Lipinski definition) is 4. The van der Waals surface area contributed by atoms with E-state index < -0.39 is 5.97 Å². The second kappa shape index (κ2) is 9.13. The zero-order chi connectivity index (χ0) is 14.8. The molecule has 4 heteroatoms. The maximum Gasteiger partial charge on any atom is 0.311 e. The van der Waals surface area contributed by atoms with Crippen LogP contribution in [0.2, 0.25) is 0 Å². The number of rotatable bonds is 8. The van der Waals surface area contributed by atoms with Gasteiger partial charge in [-0.25, -0.2) is 0 Å². The number of benzene rings is 1. The fourth-order valence-electron chi connectivity index (χ4n) is 1.82. The van der Waals surface area contributed by atoms with Crippen molar-refractivity contribution in [3.63, 3.8) is 0 Å². The highest BCUT2D eigenvalue weighted by molar-refractivity contribution is 5.75. The van der Waals surface area contributed by atoms with Crippen molar-refractivity contribution in [3.05, 3.63) is 24.3 Å². The van der Waals surface area contributed by atoms with E-state index in [1.54, 1.807) is 24.3 Å². The molecule has 1 rings (SSSR count). The van der Waals surface area contributed by atoms with Crippen LogP contribution in [0.3, 0.4) is 0 Å². The van der Waals surface area contributed by atoms with Crippen molar-refractivity contribution in [2.75, 3.05) is 0 Å². The van der Waals surface area contributed by atoms with Crippen molar-refractivity contribution in [3.8, 4) is 11.5 Å². The quantitative estimate of drug-likeness (QED) is 0.411. The predicted octanol–water partition coefficient (Wildman–Crippen LogP) is 3.88.